The van der Waals surface area contributed by atoms with Crippen molar-refractivity contribution in [3.63, 3.8) is 0 Å². The lowest BCUT2D eigenvalue weighted by atomic mass is 9.84. The minimum Gasteiger partial charge on any atom is -0.390 e. The van der Waals surface area contributed by atoms with Gasteiger partial charge in [-0.25, -0.2) is 0 Å². The van der Waals surface area contributed by atoms with Crippen molar-refractivity contribution in [2.75, 3.05) is 7.11 Å². The molecule has 104 valence electrons. The molecule has 0 saturated heterocycles. The molecule has 1 heterocycles. The molecule has 0 aliphatic heterocycles. The van der Waals surface area contributed by atoms with Gasteiger partial charge in [-0.2, -0.15) is 5.10 Å². The van der Waals surface area contributed by atoms with Crippen LogP contribution in [0.2, 0.25) is 0 Å². The van der Waals surface area contributed by atoms with Crippen molar-refractivity contribution in [2.45, 2.75) is 52.7 Å². The first-order valence-corrected chi connectivity index (χ1v) is 6.52. The molecule has 0 fully saturated rings. The Hall–Kier alpha value is -0.870. The van der Waals surface area contributed by atoms with E-state index >= 15 is 0 Å². The highest BCUT2D eigenvalue weighted by atomic mass is 16.5. The number of aliphatic hydroxyl groups excluding tert-OH is 1. The van der Waals surface area contributed by atoms with E-state index in [0.29, 0.717) is 6.42 Å². The third-order valence-electron chi connectivity index (χ3n) is 3.26. The maximum absolute atomic E-state index is 10.3. The molecule has 4 heteroatoms. The van der Waals surface area contributed by atoms with E-state index in [9.17, 15) is 5.11 Å². The van der Waals surface area contributed by atoms with Crippen LogP contribution >= 0.6 is 0 Å². The van der Waals surface area contributed by atoms with Crippen LogP contribution in [0, 0.1) is 5.41 Å². The topological polar surface area (TPSA) is 47.3 Å². The highest BCUT2D eigenvalue weighted by Gasteiger charge is 2.31. The van der Waals surface area contributed by atoms with Gasteiger partial charge in [-0.1, -0.05) is 27.7 Å². The summed E-state index contributed by atoms with van der Waals surface area (Å²) < 4.78 is 7.29. The normalized spacial score (nSPS) is 15.7. The first-order chi connectivity index (χ1) is 8.29. The lowest BCUT2D eigenvalue weighted by Crippen LogP contribution is -2.40. The zero-order valence-corrected chi connectivity index (χ0v) is 12.4. The van der Waals surface area contributed by atoms with Crippen molar-refractivity contribution in [1.82, 2.24) is 9.78 Å². The first kappa shape index (κ1) is 15.2. The summed E-state index contributed by atoms with van der Waals surface area (Å²) in [7, 11) is 3.57. The van der Waals surface area contributed by atoms with Crippen LogP contribution in [0.3, 0.4) is 0 Å². The molecule has 0 saturated carbocycles. The molecule has 2 unspecified atom stereocenters. The maximum atomic E-state index is 10.3. The van der Waals surface area contributed by atoms with Crippen LogP contribution < -0.4 is 0 Å². The Bertz CT molecular complexity index is 380. The smallest absolute Gasteiger partial charge is 0.0882 e. The van der Waals surface area contributed by atoms with Crippen molar-refractivity contribution in [3.8, 4) is 0 Å². The van der Waals surface area contributed by atoms with E-state index in [1.54, 1.807) is 7.11 Å². The molecule has 0 radical (unpaired) electrons. The van der Waals surface area contributed by atoms with E-state index in [0.717, 1.165) is 17.8 Å². The number of aryl methyl sites for hydroxylation is 2. The quantitative estimate of drug-likeness (QED) is 0.873. The van der Waals surface area contributed by atoms with E-state index < -0.39 is 6.10 Å². The van der Waals surface area contributed by atoms with E-state index in [-0.39, 0.29) is 11.5 Å². The van der Waals surface area contributed by atoms with E-state index in [1.807, 2.05) is 11.7 Å². The second-order valence-corrected chi connectivity index (χ2v) is 5.90. The molecule has 1 rings (SSSR count). The van der Waals surface area contributed by atoms with Crippen molar-refractivity contribution >= 4 is 0 Å². The molecule has 0 spiro atoms. The predicted octanol–water partition coefficient (Wildman–Crippen LogP) is 1.95. The first-order valence-electron chi connectivity index (χ1n) is 6.52. The van der Waals surface area contributed by atoms with E-state index in [1.165, 1.54) is 0 Å². The maximum Gasteiger partial charge on any atom is 0.0882 e. The van der Waals surface area contributed by atoms with Crippen LogP contribution in [0.1, 0.15) is 39.1 Å². The van der Waals surface area contributed by atoms with Crippen LogP contribution in [-0.2, 0) is 24.6 Å². The van der Waals surface area contributed by atoms with Crippen molar-refractivity contribution in [3.05, 3.63) is 17.5 Å². The minimum atomic E-state index is -0.518. The summed E-state index contributed by atoms with van der Waals surface area (Å²) in [5, 5.41) is 14.7. The Morgan fingerprint density at radius 1 is 1.44 bits per heavy atom. The van der Waals surface area contributed by atoms with Crippen molar-refractivity contribution < 1.29 is 9.84 Å². The number of ether oxygens (including phenoxy) is 1. The summed E-state index contributed by atoms with van der Waals surface area (Å²) >= 11 is 0. The fourth-order valence-corrected chi connectivity index (χ4v) is 2.34. The van der Waals surface area contributed by atoms with Crippen molar-refractivity contribution in [1.29, 1.82) is 0 Å². The monoisotopic (exact) mass is 254 g/mol. The molecule has 0 aliphatic rings. The molecule has 0 aliphatic carbocycles. The van der Waals surface area contributed by atoms with Gasteiger partial charge in [0.05, 0.1) is 17.9 Å². The van der Waals surface area contributed by atoms with Crippen LogP contribution in [0.15, 0.2) is 6.07 Å². The van der Waals surface area contributed by atoms with Gasteiger partial charge < -0.3 is 9.84 Å². The summed E-state index contributed by atoms with van der Waals surface area (Å²) in [6.07, 6.45) is 0.781. The van der Waals surface area contributed by atoms with Crippen molar-refractivity contribution in [2.24, 2.45) is 12.5 Å². The van der Waals surface area contributed by atoms with Gasteiger partial charge in [0.1, 0.15) is 0 Å². The molecular weight excluding hydrogens is 228 g/mol. The van der Waals surface area contributed by atoms with Gasteiger partial charge in [0, 0.05) is 26.3 Å². The summed E-state index contributed by atoms with van der Waals surface area (Å²) in [6.45, 7) is 8.30. The SMILES string of the molecule is CCc1cc(CC(O)C(OC)C(C)(C)C)n(C)n1. The van der Waals surface area contributed by atoms with Crippen LogP contribution in [0.5, 0.6) is 0 Å². The highest BCUT2D eigenvalue weighted by Crippen LogP contribution is 2.26. The number of nitrogens with zero attached hydrogens (tertiary/aromatic N) is 2. The van der Waals surface area contributed by atoms with Gasteiger partial charge >= 0.3 is 0 Å². The molecule has 4 nitrogen and oxygen atoms in total. The average molecular weight is 254 g/mol. The Balaban J connectivity index is 2.79. The number of hydrogen-bond donors (Lipinski definition) is 1. The predicted molar refractivity (Wildman–Crippen MR) is 72.5 cm³/mol. The second kappa shape index (κ2) is 5.85. The van der Waals surface area contributed by atoms with Gasteiger partial charge in [-0.05, 0) is 17.9 Å². The van der Waals surface area contributed by atoms with Gasteiger partial charge in [-0.15, -0.1) is 0 Å². The fraction of sp³-hybridized carbons (Fsp3) is 0.786. The summed E-state index contributed by atoms with van der Waals surface area (Å²) in [4.78, 5) is 0. The van der Waals surface area contributed by atoms with Gasteiger partial charge in [0.2, 0.25) is 0 Å². The third kappa shape index (κ3) is 3.56. The third-order valence-corrected chi connectivity index (χ3v) is 3.26. The zero-order chi connectivity index (χ0) is 13.9. The minimum absolute atomic E-state index is 0.0830. The molecule has 2 atom stereocenters. The lowest BCUT2D eigenvalue weighted by molar-refractivity contribution is -0.0704. The van der Waals surface area contributed by atoms with Crippen LogP contribution in [-0.4, -0.2) is 34.2 Å². The van der Waals surface area contributed by atoms with E-state index in [2.05, 4.69) is 38.9 Å². The molecule has 18 heavy (non-hydrogen) atoms. The van der Waals surface area contributed by atoms with Gasteiger partial charge in [0.15, 0.2) is 0 Å². The average Bonchev–Trinajstić information content (AvgIpc) is 2.58. The van der Waals surface area contributed by atoms with Gasteiger partial charge in [-0.3, -0.25) is 4.68 Å². The number of hydrogen-bond acceptors (Lipinski definition) is 3. The number of methoxy groups -OCH3 is 1. The van der Waals surface area contributed by atoms with Gasteiger partial charge in [0.25, 0.3) is 0 Å². The molecular formula is C14H26N2O2. The lowest BCUT2D eigenvalue weighted by Gasteiger charge is -2.33. The Morgan fingerprint density at radius 2 is 2.06 bits per heavy atom. The number of aliphatic hydroxyl groups is 1. The van der Waals surface area contributed by atoms with E-state index in [4.69, 9.17) is 4.74 Å². The van der Waals surface area contributed by atoms with Crippen LogP contribution in [0.4, 0.5) is 0 Å². The standard InChI is InChI=1S/C14H26N2O2/c1-7-10-8-11(16(5)15-10)9-12(17)13(18-6)14(2,3)4/h8,12-13,17H,7,9H2,1-6H3. The Kier molecular flexibility index (Phi) is 4.93. The number of rotatable bonds is 5. The summed E-state index contributed by atoms with van der Waals surface area (Å²) in [6, 6.07) is 2.05. The zero-order valence-electron chi connectivity index (χ0n) is 12.4. The van der Waals surface area contributed by atoms with Crippen LogP contribution in [0.25, 0.3) is 0 Å². The largest absolute Gasteiger partial charge is 0.390 e. The summed E-state index contributed by atoms with van der Waals surface area (Å²) in [5.74, 6) is 0. The second-order valence-electron chi connectivity index (χ2n) is 5.90. The molecule has 0 aromatic carbocycles. The highest BCUT2D eigenvalue weighted by molar-refractivity contribution is 5.11. The fourth-order valence-electron chi connectivity index (χ4n) is 2.34. The Labute approximate surface area is 110 Å². The molecule has 0 amide bonds. The molecule has 1 aromatic heterocycles. The molecule has 1 aromatic rings. The summed E-state index contributed by atoms with van der Waals surface area (Å²) in [5.41, 5.74) is 2.02. The molecule has 0 bridgehead atoms. The Morgan fingerprint density at radius 3 is 2.44 bits per heavy atom. The number of aromatic nitrogens is 2. The molecule has 1 N–H and O–H groups in total.